The molecule has 0 saturated carbocycles. The van der Waals surface area contributed by atoms with Crippen molar-refractivity contribution in [1.29, 1.82) is 0 Å². The predicted octanol–water partition coefficient (Wildman–Crippen LogP) is 1.58. The van der Waals surface area contributed by atoms with Crippen molar-refractivity contribution < 1.29 is 9.53 Å². The number of hydrogen-bond acceptors (Lipinski definition) is 4. The molecular formula is C12H19N3O2. The van der Waals surface area contributed by atoms with Gasteiger partial charge in [0.25, 0.3) is 0 Å². The van der Waals surface area contributed by atoms with Crippen LogP contribution in [0.25, 0.3) is 0 Å². The molecule has 0 spiro atoms. The minimum Gasteiger partial charge on any atom is -0.460 e. The number of aromatic nitrogens is 2. The van der Waals surface area contributed by atoms with Crippen LogP contribution < -0.4 is 5.32 Å². The van der Waals surface area contributed by atoms with E-state index in [2.05, 4.69) is 10.3 Å². The molecule has 1 aromatic rings. The molecule has 0 saturated heterocycles. The number of carbonyl (C=O) groups is 1. The van der Waals surface area contributed by atoms with Crippen LogP contribution >= 0.6 is 0 Å². The zero-order valence-electron chi connectivity index (χ0n) is 10.6. The van der Waals surface area contributed by atoms with Crippen molar-refractivity contribution in [3.63, 3.8) is 0 Å². The van der Waals surface area contributed by atoms with Crippen LogP contribution in [0.1, 0.15) is 32.9 Å². The number of anilines is 1. The maximum Gasteiger partial charge on any atom is 0.312 e. The van der Waals surface area contributed by atoms with Crippen molar-refractivity contribution in [3.05, 3.63) is 11.9 Å². The van der Waals surface area contributed by atoms with Crippen LogP contribution in [0, 0.1) is 0 Å². The van der Waals surface area contributed by atoms with Crippen LogP contribution in [-0.4, -0.2) is 27.7 Å². The number of ether oxygens (including phenoxy) is 1. The smallest absolute Gasteiger partial charge is 0.312 e. The van der Waals surface area contributed by atoms with Gasteiger partial charge in [0.15, 0.2) is 0 Å². The summed E-state index contributed by atoms with van der Waals surface area (Å²) in [6.45, 7) is 7.48. The number of imidazole rings is 1. The highest BCUT2D eigenvalue weighted by Gasteiger charge is 2.20. The summed E-state index contributed by atoms with van der Waals surface area (Å²) in [7, 11) is 0. The first-order valence-corrected chi connectivity index (χ1v) is 5.96. The summed E-state index contributed by atoms with van der Waals surface area (Å²) in [5.41, 5.74) is 0.488. The molecule has 0 fully saturated rings. The minimum atomic E-state index is -0.430. The Morgan fingerprint density at radius 1 is 1.59 bits per heavy atom. The average molecular weight is 237 g/mol. The van der Waals surface area contributed by atoms with E-state index in [0.29, 0.717) is 0 Å². The van der Waals surface area contributed by atoms with Crippen LogP contribution in [0.5, 0.6) is 0 Å². The van der Waals surface area contributed by atoms with Gasteiger partial charge in [0.05, 0.1) is 18.3 Å². The molecule has 0 aliphatic carbocycles. The molecule has 0 bridgehead atoms. The highest BCUT2D eigenvalue weighted by Crippen LogP contribution is 2.17. The molecule has 0 amide bonds. The van der Waals surface area contributed by atoms with E-state index in [1.165, 1.54) is 0 Å². The van der Waals surface area contributed by atoms with Gasteiger partial charge in [-0.15, -0.1) is 0 Å². The highest BCUT2D eigenvalue weighted by molar-refractivity contribution is 5.72. The molecule has 1 aromatic heterocycles. The summed E-state index contributed by atoms with van der Waals surface area (Å²) in [6, 6.07) is 0. The summed E-state index contributed by atoms with van der Waals surface area (Å²) >= 11 is 0. The standard InChI is InChI=1S/C12H19N3O2/c1-12(2,3)17-10(16)7-9-8-14-11-13-5-4-6-15(9)11/h8H,4-7H2,1-3H3,(H,13,14). The first-order valence-electron chi connectivity index (χ1n) is 5.96. The third kappa shape index (κ3) is 2.99. The number of fused-ring (bicyclic) bond motifs is 1. The van der Waals surface area contributed by atoms with E-state index in [4.69, 9.17) is 4.74 Å². The van der Waals surface area contributed by atoms with E-state index in [-0.39, 0.29) is 12.4 Å². The van der Waals surface area contributed by atoms with Gasteiger partial charge < -0.3 is 14.6 Å². The van der Waals surface area contributed by atoms with Gasteiger partial charge in [-0.2, -0.15) is 0 Å². The van der Waals surface area contributed by atoms with Crippen LogP contribution in [0.3, 0.4) is 0 Å². The van der Waals surface area contributed by atoms with E-state index in [0.717, 1.165) is 31.2 Å². The van der Waals surface area contributed by atoms with Gasteiger partial charge in [-0.05, 0) is 27.2 Å². The topological polar surface area (TPSA) is 56.1 Å². The molecule has 1 aliphatic heterocycles. The highest BCUT2D eigenvalue weighted by atomic mass is 16.6. The molecule has 0 aromatic carbocycles. The lowest BCUT2D eigenvalue weighted by molar-refractivity contribution is -0.154. The SMILES string of the molecule is CC(C)(C)OC(=O)Cc1cnc2n1CCCN2. The molecule has 2 rings (SSSR count). The molecule has 94 valence electrons. The van der Waals surface area contributed by atoms with Gasteiger partial charge in [0.1, 0.15) is 5.60 Å². The Labute approximate surface area is 101 Å². The first-order chi connectivity index (χ1) is 7.96. The second-order valence-electron chi connectivity index (χ2n) is 5.27. The lowest BCUT2D eigenvalue weighted by Crippen LogP contribution is -2.26. The monoisotopic (exact) mass is 237 g/mol. The normalized spacial score (nSPS) is 15.0. The largest absolute Gasteiger partial charge is 0.460 e. The Bertz CT molecular complexity index is 418. The van der Waals surface area contributed by atoms with E-state index < -0.39 is 5.60 Å². The molecule has 2 heterocycles. The molecule has 5 nitrogen and oxygen atoms in total. The zero-order chi connectivity index (χ0) is 12.5. The van der Waals surface area contributed by atoms with Crippen molar-refractivity contribution in [1.82, 2.24) is 9.55 Å². The van der Waals surface area contributed by atoms with Crippen molar-refractivity contribution in [2.75, 3.05) is 11.9 Å². The summed E-state index contributed by atoms with van der Waals surface area (Å²) < 4.78 is 7.35. The maximum absolute atomic E-state index is 11.7. The maximum atomic E-state index is 11.7. The fraction of sp³-hybridized carbons (Fsp3) is 0.667. The minimum absolute atomic E-state index is 0.203. The van der Waals surface area contributed by atoms with Crippen LogP contribution in [0.15, 0.2) is 6.20 Å². The average Bonchev–Trinajstić information content (AvgIpc) is 2.59. The number of nitrogens with one attached hydrogen (secondary N) is 1. The van der Waals surface area contributed by atoms with E-state index in [1.807, 2.05) is 25.3 Å². The van der Waals surface area contributed by atoms with Crippen molar-refractivity contribution in [3.8, 4) is 0 Å². The number of rotatable bonds is 2. The molecule has 1 N–H and O–H groups in total. The summed E-state index contributed by atoms with van der Waals surface area (Å²) in [5, 5.41) is 3.20. The Hall–Kier alpha value is -1.52. The molecule has 5 heteroatoms. The van der Waals surface area contributed by atoms with Gasteiger partial charge in [-0.3, -0.25) is 4.79 Å². The lowest BCUT2D eigenvalue weighted by Gasteiger charge is -2.21. The Kier molecular flexibility index (Phi) is 3.09. The third-order valence-electron chi connectivity index (χ3n) is 2.53. The van der Waals surface area contributed by atoms with E-state index >= 15 is 0 Å². The van der Waals surface area contributed by atoms with Gasteiger partial charge in [0, 0.05) is 13.1 Å². The summed E-state index contributed by atoms with van der Waals surface area (Å²) in [5.74, 6) is 0.653. The number of nitrogens with zero attached hydrogens (tertiary/aromatic N) is 2. The summed E-state index contributed by atoms with van der Waals surface area (Å²) in [6.07, 6.45) is 3.09. The molecule has 0 unspecified atom stereocenters. The lowest BCUT2D eigenvalue weighted by atomic mass is 10.2. The van der Waals surface area contributed by atoms with E-state index in [1.54, 1.807) is 6.20 Å². The van der Waals surface area contributed by atoms with Crippen molar-refractivity contribution in [2.24, 2.45) is 0 Å². The van der Waals surface area contributed by atoms with Gasteiger partial charge in [0.2, 0.25) is 5.95 Å². The fourth-order valence-corrected chi connectivity index (χ4v) is 1.91. The Morgan fingerprint density at radius 2 is 2.35 bits per heavy atom. The molecule has 0 atom stereocenters. The molecular weight excluding hydrogens is 218 g/mol. The number of esters is 1. The summed E-state index contributed by atoms with van der Waals surface area (Å²) in [4.78, 5) is 16.0. The predicted molar refractivity (Wildman–Crippen MR) is 64.9 cm³/mol. The number of carbonyl (C=O) groups excluding carboxylic acids is 1. The van der Waals surface area contributed by atoms with Gasteiger partial charge >= 0.3 is 5.97 Å². The van der Waals surface area contributed by atoms with Gasteiger partial charge in [-0.1, -0.05) is 0 Å². The van der Waals surface area contributed by atoms with Crippen LogP contribution in [0.2, 0.25) is 0 Å². The van der Waals surface area contributed by atoms with Crippen molar-refractivity contribution in [2.45, 2.75) is 45.8 Å². The van der Waals surface area contributed by atoms with Crippen molar-refractivity contribution >= 4 is 11.9 Å². The Morgan fingerprint density at radius 3 is 3.06 bits per heavy atom. The zero-order valence-corrected chi connectivity index (χ0v) is 10.6. The van der Waals surface area contributed by atoms with Crippen LogP contribution in [0.4, 0.5) is 5.95 Å². The van der Waals surface area contributed by atoms with Gasteiger partial charge in [-0.25, -0.2) is 4.98 Å². The second kappa shape index (κ2) is 4.39. The second-order valence-corrected chi connectivity index (χ2v) is 5.27. The fourth-order valence-electron chi connectivity index (χ4n) is 1.91. The van der Waals surface area contributed by atoms with Crippen LogP contribution in [-0.2, 0) is 22.5 Å². The first kappa shape index (κ1) is 12.0. The molecule has 17 heavy (non-hydrogen) atoms. The number of hydrogen-bond donors (Lipinski definition) is 1. The molecule has 1 aliphatic rings. The third-order valence-corrected chi connectivity index (χ3v) is 2.53. The Balaban J connectivity index is 2.04. The van der Waals surface area contributed by atoms with E-state index in [9.17, 15) is 4.79 Å². The molecule has 0 radical (unpaired) electrons. The quantitative estimate of drug-likeness (QED) is 0.793.